The van der Waals surface area contributed by atoms with Crippen molar-refractivity contribution in [3.63, 3.8) is 0 Å². The zero-order chi connectivity index (χ0) is 28.2. The Kier molecular flexibility index (Phi) is 9.84. The van der Waals surface area contributed by atoms with Gasteiger partial charge >= 0.3 is 6.09 Å². The number of nitrogens with one attached hydrogen (secondary N) is 1. The highest BCUT2D eigenvalue weighted by molar-refractivity contribution is 7.92. The highest BCUT2D eigenvalue weighted by atomic mass is 35.5. The van der Waals surface area contributed by atoms with Crippen molar-refractivity contribution in [2.45, 2.75) is 31.3 Å². The molecule has 0 bridgehead atoms. The summed E-state index contributed by atoms with van der Waals surface area (Å²) in [5.74, 6) is 0.533. The number of sulfonamides is 1. The number of hydrogen-bond donors (Lipinski definition) is 3. The molecule has 0 spiro atoms. The number of methoxy groups -OCH3 is 2. The topological polar surface area (TPSA) is 175 Å². The molecule has 0 aliphatic heterocycles. The molecule has 2 aromatic heterocycles. The number of rotatable bonds is 12. The van der Waals surface area contributed by atoms with Crippen molar-refractivity contribution < 1.29 is 32.3 Å². The molecular weight excluding hydrogens is 564 g/mol. The van der Waals surface area contributed by atoms with Crippen LogP contribution in [0.3, 0.4) is 0 Å². The number of hydrogen-bond acceptors (Lipinski definition) is 9. The summed E-state index contributed by atoms with van der Waals surface area (Å²) in [6, 6.07) is 8.41. The van der Waals surface area contributed by atoms with Crippen LogP contribution in [0.1, 0.15) is 23.6 Å². The molecular formula is C25H31ClN6O7S. The fourth-order valence-electron chi connectivity index (χ4n) is 4.13. The number of anilines is 1. The summed E-state index contributed by atoms with van der Waals surface area (Å²) in [4.78, 5) is 12.6. The van der Waals surface area contributed by atoms with Crippen LogP contribution in [0.4, 0.5) is 10.6 Å². The quantitative estimate of drug-likeness (QED) is 0.220. The maximum absolute atomic E-state index is 13.3. The van der Waals surface area contributed by atoms with E-state index in [1.54, 1.807) is 47.4 Å². The third-order valence-electron chi connectivity index (χ3n) is 6.05. The Morgan fingerprint density at radius 3 is 2.55 bits per heavy atom. The first-order chi connectivity index (χ1) is 18.7. The second-order valence-corrected chi connectivity index (χ2v) is 10.3. The van der Waals surface area contributed by atoms with Crippen molar-refractivity contribution in [2.24, 2.45) is 5.73 Å². The monoisotopic (exact) mass is 594 g/mol. The average molecular weight is 595 g/mol. The number of nitrogens with two attached hydrogens (primary N) is 1. The molecule has 0 aliphatic carbocycles. The number of fused-ring (bicyclic) bond motifs is 1. The van der Waals surface area contributed by atoms with Gasteiger partial charge < -0.3 is 29.7 Å². The van der Waals surface area contributed by atoms with Gasteiger partial charge in [-0.05, 0) is 41.8 Å². The zero-order valence-corrected chi connectivity index (χ0v) is 23.8. The zero-order valence-electron chi connectivity index (χ0n) is 22.2. The van der Waals surface area contributed by atoms with E-state index in [-0.39, 0.29) is 48.5 Å². The van der Waals surface area contributed by atoms with Gasteiger partial charge in [-0.25, -0.2) is 13.2 Å². The minimum absolute atomic E-state index is 0. The second-order valence-electron chi connectivity index (χ2n) is 8.69. The van der Waals surface area contributed by atoms with Crippen LogP contribution in [0.15, 0.2) is 52.1 Å². The lowest BCUT2D eigenvalue weighted by Gasteiger charge is -2.16. The third-order valence-corrected chi connectivity index (χ3v) is 7.41. The SMILES string of the molecule is CCc1ccc(OC)c(S(=O)(=O)Nc2noc3cc(Cn4cc(CN(CCN)C(=O)O)cn4)cc(OC)c23)c1.Cl. The molecule has 0 atom stereocenters. The van der Waals surface area contributed by atoms with Gasteiger partial charge in [0.05, 0.1) is 33.5 Å². The Morgan fingerprint density at radius 1 is 1.15 bits per heavy atom. The number of ether oxygens (including phenoxy) is 2. The van der Waals surface area contributed by atoms with Crippen molar-refractivity contribution in [3.05, 3.63) is 59.4 Å². The number of carbonyl (C=O) groups is 1. The van der Waals surface area contributed by atoms with E-state index >= 15 is 0 Å². The van der Waals surface area contributed by atoms with E-state index in [1.807, 2.05) is 6.92 Å². The molecule has 15 heteroatoms. The van der Waals surface area contributed by atoms with Crippen molar-refractivity contribution in [1.82, 2.24) is 19.8 Å². The van der Waals surface area contributed by atoms with Crippen LogP contribution in [0, 0.1) is 0 Å². The van der Waals surface area contributed by atoms with Crippen LogP contribution in [-0.4, -0.2) is 66.8 Å². The molecule has 0 radical (unpaired) electrons. The predicted octanol–water partition coefficient (Wildman–Crippen LogP) is 3.31. The Labute approximate surface area is 237 Å². The lowest BCUT2D eigenvalue weighted by Crippen LogP contribution is -2.33. The third kappa shape index (κ3) is 6.58. The molecule has 4 N–H and O–H groups in total. The summed E-state index contributed by atoms with van der Waals surface area (Å²) in [7, 11) is -1.21. The van der Waals surface area contributed by atoms with Crippen LogP contribution in [0.5, 0.6) is 11.5 Å². The molecule has 216 valence electrons. The fourth-order valence-corrected chi connectivity index (χ4v) is 5.35. The summed E-state index contributed by atoms with van der Waals surface area (Å²) in [6.07, 6.45) is 2.92. The highest BCUT2D eigenvalue weighted by Gasteiger charge is 2.25. The molecule has 0 aliphatic rings. The lowest BCUT2D eigenvalue weighted by molar-refractivity contribution is 0.143. The van der Waals surface area contributed by atoms with E-state index in [0.29, 0.717) is 35.2 Å². The summed E-state index contributed by atoms with van der Waals surface area (Å²) < 4.78 is 47.0. The fraction of sp³-hybridized carbons (Fsp3) is 0.320. The smallest absolute Gasteiger partial charge is 0.407 e. The van der Waals surface area contributed by atoms with E-state index in [1.165, 1.54) is 19.1 Å². The van der Waals surface area contributed by atoms with Crippen LogP contribution in [0.25, 0.3) is 11.0 Å². The van der Waals surface area contributed by atoms with Gasteiger partial charge in [-0.1, -0.05) is 18.1 Å². The summed E-state index contributed by atoms with van der Waals surface area (Å²) >= 11 is 0. The van der Waals surface area contributed by atoms with E-state index in [0.717, 1.165) is 11.1 Å². The molecule has 40 heavy (non-hydrogen) atoms. The normalized spacial score (nSPS) is 11.2. The van der Waals surface area contributed by atoms with Crippen molar-refractivity contribution in [1.29, 1.82) is 0 Å². The van der Waals surface area contributed by atoms with E-state index in [2.05, 4.69) is 15.0 Å². The van der Waals surface area contributed by atoms with E-state index in [9.17, 15) is 18.3 Å². The van der Waals surface area contributed by atoms with Crippen molar-refractivity contribution in [3.8, 4) is 11.5 Å². The maximum Gasteiger partial charge on any atom is 0.407 e. The van der Waals surface area contributed by atoms with Crippen molar-refractivity contribution in [2.75, 3.05) is 32.0 Å². The Balaban J connectivity index is 0.00000441. The first-order valence-electron chi connectivity index (χ1n) is 12.0. The largest absolute Gasteiger partial charge is 0.496 e. The maximum atomic E-state index is 13.3. The number of amides is 1. The molecule has 0 saturated carbocycles. The first-order valence-corrected chi connectivity index (χ1v) is 13.5. The Hall–Kier alpha value is -4.01. The van der Waals surface area contributed by atoms with Crippen molar-refractivity contribution >= 4 is 45.3 Å². The Morgan fingerprint density at radius 2 is 1.90 bits per heavy atom. The number of nitrogens with zero attached hydrogens (tertiary/aromatic N) is 4. The minimum Gasteiger partial charge on any atom is -0.496 e. The summed E-state index contributed by atoms with van der Waals surface area (Å²) in [5, 5.41) is 17.9. The molecule has 0 unspecified atom stereocenters. The van der Waals surface area contributed by atoms with Gasteiger partial charge in [0.15, 0.2) is 11.4 Å². The number of aryl methyl sites for hydroxylation is 1. The first kappa shape index (κ1) is 30.5. The second kappa shape index (κ2) is 12.9. The number of benzene rings is 2. The highest BCUT2D eigenvalue weighted by Crippen LogP contribution is 2.36. The Bertz CT molecular complexity index is 1590. The molecule has 2 aromatic carbocycles. The molecule has 0 fully saturated rings. The van der Waals surface area contributed by atoms with Crippen LogP contribution >= 0.6 is 12.4 Å². The molecule has 2 heterocycles. The molecule has 0 saturated heterocycles. The van der Waals surface area contributed by atoms with Crippen LogP contribution in [-0.2, 0) is 29.5 Å². The number of halogens is 1. The van der Waals surface area contributed by atoms with E-state index < -0.39 is 16.1 Å². The molecule has 4 rings (SSSR count). The standard InChI is InChI=1S/C25H30N6O7S.ClH/c1-4-16-5-6-19(36-2)22(11-16)39(34,35)29-24-23-20(37-3)9-17(10-21(23)38-28-24)14-31-15-18(12-27-31)13-30(8-7-26)25(32)33;/h5-6,9-12,15H,4,7-8,13-14,26H2,1-3H3,(H,28,29)(H,32,33);1H. The minimum atomic E-state index is -4.07. The average Bonchev–Trinajstić information content (AvgIpc) is 3.53. The molecule has 13 nitrogen and oxygen atoms in total. The molecule has 1 amide bonds. The van der Waals surface area contributed by atoms with Gasteiger partial charge in [0.2, 0.25) is 0 Å². The molecule has 4 aromatic rings. The number of aromatic nitrogens is 3. The van der Waals surface area contributed by atoms with Gasteiger partial charge in [0, 0.05) is 24.8 Å². The summed E-state index contributed by atoms with van der Waals surface area (Å²) in [6.45, 7) is 2.83. The van der Waals surface area contributed by atoms with Crippen LogP contribution in [0.2, 0.25) is 0 Å². The summed E-state index contributed by atoms with van der Waals surface area (Å²) in [5.41, 5.74) is 8.09. The predicted molar refractivity (Wildman–Crippen MR) is 150 cm³/mol. The van der Waals surface area contributed by atoms with Gasteiger partial charge in [-0.15, -0.1) is 12.4 Å². The van der Waals surface area contributed by atoms with E-state index in [4.69, 9.17) is 19.7 Å². The number of carboxylic acid groups (broad SMARTS) is 1. The van der Waals surface area contributed by atoms with Gasteiger partial charge in [0.25, 0.3) is 10.0 Å². The van der Waals surface area contributed by atoms with Gasteiger partial charge in [-0.2, -0.15) is 5.10 Å². The lowest BCUT2D eigenvalue weighted by atomic mass is 10.1. The van der Waals surface area contributed by atoms with Gasteiger partial charge in [-0.3, -0.25) is 9.40 Å². The van der Waals surface area contributed by atoms with Gasteiger partial charge in [0.1, 0.15) is 21.8 Å². The van der Waals surface area contributed by atoms with Crippen LogP contribution < -0.4 is 19.9 Å².